The molecule has 6 heteroatoms. The molecule has 0 amide bonds. The van der Waals surface area contributed by atoms with E-state index in [0.29, 0.717) is 17.3 Å². The van der Waals surface area contributed by atoms with Crippen molar-refractivity contribution in [1.29, 1.82) is 0 Å². The van der Waals surface area contributed by atoms with Crippen LogP contribution in [-0.4, -0.2) is 25.1 Å². The molecule has 29 heavy (non-hydrogen) atoms. The van der Waals surface area contributed by atoms with Gasteiger partial charge in [-0.25, -0.2) is 13.4 Å². The smallest absolute Gasteiger partial charge is 0.223 e. The highest BCUT2D eigenvalue weighted by Crippen LogP contribution is 2.34. The maximum atomic E-state index is 13.4. The van der Waals surface area contributed by atoms with E-state index >= 15 is 0 Å². The Hall–Kier alpha value is -2.60. The van der Waals surface area contributed by atoms with Gasteiger partial charge in [-0.2, -0.15) is 0 Å². The van der Waals surface area contributed by atoms with Gasteiger partial charge in [0.2, 0.25) is 9.84 Å². The summed E-state index contributed by atoms with van der Waals surface area (Å²) in [6, 6.07) is 12.9. The Kier molecular flexibility index (Phi) is 5.34. The molecule has 0 N–H and O–H groups in total. The summed E-state index contributed by atoms with van der Waals surface area (Å²) in [5, 5.41) is 0.194. The number of hydrogen-bond acceptors (Lipinski definition) is 4. The first-order valence-corrected chi connectivity index (χ1v) is 11.0. The predicted molar refractivity (Wildman–Crippen MR) is 115 cm³/mol. The number of methoxy groups -OCH3 is 1. The average molecular weight is 413 g/mol. The molecule has 0 bridgehead atoms. The van der Waals surface area contributed by atoms with Crippen molar-refractivity contribution in [2.45, 2.75) is 50.0 Å². The normalized spacial score (nSPS) is 12.2. The summed E-state index contributed by atoms with van der Waals surface area (Å²) in [6.07, 6.45) is 0. The monoisotopic (exact) mass is 412 g/mol. The fourth-order valence-corrected chi connectivity index (χ4v) is 5.08. The summed E-state index contributed by atoms with van der Waals surface area (Å²) in [4.78, 5) is 4.85. The number of sulfone groups is 1. The summed E-state index contributed by atoms with van der Waals surface area (Å²) in [7, 11) is -0.394. The molecule has 0 fully saturated rings. The molecule has 0 unspecified atom stereocenters. The summed E-state index contributed by atoms with van der Waals surface area (Å²) in [5.41, 5.74) is 3.32. The van der Waals surface area contributed by atoms with Crippen molar-refractivity contribution in [2.24, 2.45) is 7.05 Å². The Bertz CT molecular complexity index is 1150. The lowest BCUT2D eigenvalue weighted by molar-refractivity contribution is 0.416. The number of rotatable bonds is 4. The van der Waals surface area contributed by atoms with Crippen molar-refractivity contribution in [3.8, 4) is 17.1 Å². The molecular formula is C23H28N2O3S. The van der Waals surface area contributed by atoms with E-state index in [9.17, 15) is 8.42 Å². The number of aromatic nitrogens is 2. The van der Waals surface area contributed by atoms with Crippen LogP contribution in [0.15, 0.2) is 52.4 Å². The average Bonchev–Trinajstić information content (AvgIpc) is 2.95. The Labute approximate surface area is 173 Å². The van der Waals surface area contributed by atoms with Crippen LogP contribution in [-0.2, 0) is 22.3 Å². The van der Waals surface area contributed by atoms with Crippen molar-refractivity contribution < 1.29 is 13.2 Å². The highest BCUT2D eigenvalue weighted by Gasteiger charge is 2.28. The van der Waals surface area contributed by atoms with Crippen LogP contribution >= 0.6 is 0 Å². The third kappa shape index (κ3) is 3.81. The van der Waals surface area contributed by atoms with Gasteiger partial charge in [-0.3, -0.25) is 0 Å². The Morgan fingerprint density at radius 1 is 1.00 bits per heavy atom. The highest BCUT2D eigenvalue weighted by molar-refractivity contribution is 7.91. The first-order valence-electron chi connectivity index (χ1n) is 9.50. The second-order valence-corrected chi connectivity index (χ2v) is 10.2. The van der Waals surface area contributed by atoms with Gasteiger partial charge in [-0.15, -0.1) is 0 Å². The number of ether oxygens (including phenoxy) is 1. The fourth-order valence-electron chi connectivity index (χ4n) is 3.48. The van der Waals surface area contributed by atoms with Gasteiger partial charge in [0.1, 0.15) is 11.6 Å². The summed E-state index contributed by atoms with van der Waals surface area (Å²) < 4.78 is 33.9. The molecule has 0 saturated heterocycles. The molecule has 1 aromatic heterocycles. The van der Waals surface area contributed by atoms with Crippen LogP contribution in [0.5, 0.6) is 5.75 Å². The summed E-state index contributed by atoms with van der Waals surface area (Å²) in [5.74, 6) is 1.22. The molecular weight excluding hydrogens is 384 g/mol. The van der Waals surface area contributed by atoms with Crippen molar-refractivity contribution in [2.75, 3.05) is 7.11 Å². The summed E-state index contributed by atoms with van der Waals surface area (Å²) in [6.45, 7) is 10.0. The lowest BCUT2D eigenvalue weighted by atomic mass is 9.87. The topological polar surface area (TPSA) is 61.2 Å². The number of nitrogens with zero attached hydrogens (tertiary/aromatic N) is 2. The molecule has 0 aliphatic rings. The van der Waals surface area contributed by atoms with Crippen molar-refractivity contribution >= 4 is 9.84 Å². The van der Waals surface area contributed by atoms with Crippen LogP contribution in [0, 0.1) is 13.8 Å². The second kappa shape index (κ2) is 7.34. The van der Waals surface area contributed by atoms with E-state index in [-0.39, 0.29) is 15.3 Å². The molecule has 0 spiro atoms. The minimum atomic E-state index is -3.72. The zero-order valence-corrected chi connectivity index (χ0v) is 18.9. The van der Waals surface area contributed by atoms with Crippen molar-refractivity contribution in [3.05, 3.63) is 59.3 Å². The molecule has 154 valence electrons. The van der Waals surface area contributed by atoms with Crippen LogP contribution in [0.25, 0.3) is 11.4 Å². The zero-order valence-electron chi connectivity index (χ0n) is 18.1. The van der Waals surface area contributed by atoms with E-state index in [1.807, 2.05) is 37.3 Å². The third-order valence-corrected chi connectivity index (χ3v) is 7.06. The first-order chi connectivity index (χ1) is 13.5. The van der Waals surface area contributed by atoms with Gasteiger partial charge in [0, 0.05) is 7.05 Å². The molecule has 1 heterocycles. The lowest BCUT2D eigenvalue weighted by Gasteiger charge is -2.19. The first kappa shape index (κ1) is 21.1. The minimum Gasteiger partial charge on any atom is -0.496 e. The van der Waals surface area contributed by atoms with Crippen LogP contribution in [0.1, 0.15) is 37.6 Å². The van der Waals surface area contributed by atoms with Gasteiger partial charge in [-0.1, -0.05) is 44.5 Å². The quantitative estimate of drug-likeness (QED) is 0.615. The Morgan fingerprint density at radius 3 is 2.17 bits per heavy atom. The maximum absolute atomic E-state index is 13.4. The molecule has 0 radical (unpaired) electrons. The van der Waals surface area contributed by atoms with Crippen LogP contribution < -0.4 is 4.74 Å². The molecule has 0 aliphatic heterocycles. The van der Waals surface area contributed by atoms with Gasteiger partial charge in [-0.05, 0) is 49.1 Å². The van der Waals surface area contributed by atoms with Gasteiger partial charge in [0.25, 0.3) is 0 Å². The van der Waals surface area contributed by atoms with Gasteiger partial charge in [0.15, 0.2) is 5.03 Å². The van der Waals surface area contributed by atoms with E-state index in [0.717, 1.165) is 16.7 Å². The highest BCUT2D eigenvalue weighted by atomic mass is 32.2. The standard InChI is InChI=1S/C23H28N2O3S/c1-15-8-13-20(28-7)19(14-15)21-24-16(2)22(25(21)6)29(26,27)18-11-9-17(10-12-18)23(3,4)5/h8-14H,1-7H3. The zero-order chi connectivity index (χ0) is 21.6. The number of imidazole rings is 1. The van der Waals surface area contributed by atoms with Crippen LogP contribution in [0.2, 0.25) is 0 Å². The van der Waals surface area contributed by atoms with E-state index in [2.05, 4.69) is 25.8 Å². The van der Waals surface area contributed by atoms with E-state index in [1.165, 1.54) is 0 Å². The largest absolute Gasteiger partial charge is 0.496 e. The lowest BCUT2D eigenvalue weighted by Crippen LogP contribution is -2.13. The predicted octanol–water partition coefficient (Wildman–Crippen LogP) is 4.84. The van der Waals surface area contributed by atoms with E-state index in [4.69, 9.17) is 4.74 Å². The van der Waals surface area contributed by atoms with Crippen LogP contribution in [0.3, 0.4) is 0 Å². The Balaban J connectivity index is 2.14. The fraction of sp³-hybridized carbons (Fsp3) is 0.348. The van der Waals surface area contributed by atoms with E-state index in [1.54, 1.807) is 37.8 Å². The van der Waals surface area contributed by atoms with Gasteiger partial charge >= 0.3 is 0 Å². The number of aryl methyl sites for hydroxylation is 2. The molecule has 0 saturated carbocycles. The minimum absolute atomic E-state index is 0.0420. The molecule has 0 atom stereocenters. The third-order valence-electron chi connectivity index (χ3n) is 5.09. The van der Waals surface area contributed by atoms with E-state index < -0.39 is 9.84 Å². The van der Waals surface area contributed by atoms with Crippen LogP contribution in [0.4, 0.5) is 0 Å². The Morgan fingerprint density at radius 2 is 1.62 bits per heavy atom. The van der Waals surface area contributed by atoms with Crippen molar-refractivity contribution in [3.63, 3.8) is 0 Å². The van der Waals surface area contributed by atoms with Gasteiger partial charge in [0.05, 0.1) is 23.3 Å². The molecule has 5 nitrogen and oxygen atoms in total. The molecule has 3 aromatic rings. The number of hydrogen-bond donors (Lipinski definition) is 0. The number of benzene rings is 2. The SMILES string of the molecule is COc1ccc(C)cc1-c1nc(C)c(S(=O)(=O)c2ccc(C(C)(C)C)cc2)n1C. The maximum Gasteiger partial charge on any atom is 0.223 e. The molecule has 3 rings (SSSR count). The van der Waals surface area contributed by atoms with Crippen molar-refractivity contribution in [1.82, 2.24) is 9.55 Å². The molecule has 0 aliphatic carbocycles. The second-order valence-electron chi connectivity index (χ2n) is 8.37. The summed E-state index contributed by atoms with van der Waals surface area (Å²) >= 11 is 0. The van der Waals surface area contributed by atoms with Gasteiger partial charge < -0.3 is 9.30 Å². The molecule has 2 aromatic carbocycles.